The average Bonchev–Trinajstić information content (AvgIpc) is 3.02. The van der Waals surface area contributed by atoms with Crippen molar-refractivity contribution in [1.82, 2.24) is 0 Å². The van der Waals surface area contributed by atoms with Crippen LogP contribution in [0, 0.1) is 0 Å². The van der Waals surface area contributed by atoms with E-state index in [1.165, 1.54) is 0 Å². The van der Waals surface area contributed by atoms with Gasteiger partial charge in [0.05, 0.1) is 5.41 Å². The van der Waals surface area contributed by atoms with Gasteiger partial charge in [-0.2, -0.15) is 0 Å². The third-order valence-corrected chi connectivity index (χ3v) is 7.97. The van der Waals surface area contributed by atoms with Gasteiger partial charge in [-0.25, -0.2) is 0 Å². The van der Waals surface area contributed by atoms with Gasteiger partial charge in [-0.3, -0.25) is 0 Å². The summed E-state index contributed by atoms with van der Waals surface area (Å²) >= 11 is 0. The number of anilines is 3. The number of rotatable bonds is 3. The molecule has 0 aromatic heterocycles. The molecule has 0 saturated heterocycles. The normalized spacial score (nSPS) is 13.6. The molecule has 0 atom stereocenters. The van der Waals surface area contributed by atoms with Crippen molar-refractivity contribution in [3.8, 4) is 23.0 Å². The van der Waals surface area contributed by atoms with Gasteiger partial charge in [-0.15, -0.1) is 0 Å². The molecule has 0 amide bonds. The van der Waals surface area contributed by atoms with E-state index in [4.69, 9.17) is 9.47 Å². The van der Waals surface area contributed by atoms with Gasteiger partial charge in [-0.05, 0) is 60.7 Å². The van der Waals surface area contributed by atoms with Crippen molar-refractivity contribution in [1.29, 1.82) is 0 Å². The predicted molar refractivity (Wildman–Crippen MR) is 160 cm³/mol. The molecule has 0 unspecified atom stereocenters. The summed E-state index contributed by atoms with van der Waals surface area (Å²) in [6, 6.07) is 52.7. The molecule has 6 aromatic carbocycles. The third-order valence-electron chi connectivity index (χ3n) is 7.97. The van der Waals surface area contributed by atoms with Crippen LogP contribution in [-0.4, -0.2) is 0 Å². The summed E-state index contributed by atoms with van der Waals surface area (Å²) in [4.78, 5) is 2.30. The first-order valence-corrected chi connectivity index (χ1v) is 13.5. The molecule has 6 aromatic rings. The molecular weight excluding hydrogens is 490 g/mol. The van der Waals surface area contributed by atoms with Crippen molar-refractivity contribution in [2.24, 2.45) is 0 Å². The second kappa shape index (κ2) is 8.89. The van der Waals surface area contributed by atoms with Gasteiger partial charge in [0.25, 0.3) is 0 Å². The molecule has 2 heterocycles. The Bertz CT molecular complexity index is 1720. The van der Waals surface area contributed by atoms with Crippen LogP contribution in [0.5, 0.6) is 23.0 Å². The van der Waals surface area contributed by atoms with Gasteiger partial charge < -0.3 is 14.4 Å². The van der Waals surface area contributed by atoms with Crippen LogP contribution < -0.4 is 14.4 Å². The van der Waals surface area contributed by atoms with Crippen LogP contribution in [0.15, 0.2) is 152 Å². The minimum absolute atomic E-state index is 0.620. The van der Waals surface area contributed by atoms with Crippen molar-refractivity contribution < 1.29 is 9.47 Å². The zero-order valence-electron chi connectivity index (χ0n) is 21.7. The number of fused-ring (bicyclic) bond motifs is 8. The Morgan fingerprint density at radius 2 is 0.750 bits per heavy atom. The van der Waals surface area contributed by atoms with Gasteiger partial charge in [-0.1, -0.05) is 91.0 Å². The Balaban J connectivity index is 1.46. The molecule has 3 heteroatoms. The average molecular weight is 516 g/mol. The highest BCUT2D eigenvalue weighted by Gasteiger charge is 2.50. The smallest absolute Gasteiger partial charge is 0.132 e. The Morgan fingerprint density at radius 1 is 0.350 bits per heavy atom. The first-order valence-electron chi connectivity index (χ1n) is 13.5. The highest BCUT2D eigenvalue weighted by Crippen LogP contribution is 2.61. The molecule has 2 aliphatic heterocycles. The van der Waals surface area contributed by atoms with Crippen LogP contribution in [0.3, 0.4) is 0 Å². The Hall–Kier alpha value is -5.28. The minimum Gasteiger partial charge on any atom is -0.457 e. The molecule has 0 radical (unpaired) electrons. The first-order chi connectivity index (χ1) is 19.8. The molecule has 0 saturated carbocycles. The predicted octanol–water partition coefficient (Wildman–Crippen LogP) is 9.75. The molecule has 40 heavy (non-hydrogen) atoms. The van der Waals surface area contributed by atoms with E-state index in [1.54, 1.807) is 0 Å². The van der Waals surface area contributed by atoms with Crippen molar-refractivity contribution in [2.45, 2.75) is 5.41 Å². The number of hydrogen-bond acceptors (Lipinski definition) is 3. The van der Waals surface area contributed by atoms with E-state index in [0.29, 0.717) is 0 Å². The first kappa shape index (κ1) is 22.7. The Labute approximate surface area is 233 Å². The largest absolute Gasteiger partial charge is 0.457 e. The fraction of sp³-hybridized carbons (Fsp3) is 0.0270. The van der Waals surface area contributed by atoms with Gasteiger partial charge in [0, 0.05) is 39.3 Å². The summed E-state index contributed by atoms with van der Waals surface area (Å²) in [5.41, 5.74) is 7.02. The van der Waals surface area contributed by atoms with Crippen molar-refractivity contribution in [3.63, 3.8) is 0 Å². The zero-order valence-corrected chi connectivity index (χ0v) is 21.7. The van der Waals surface area contributed by atoms with E-state index >= 15 is 0 Å². The molecule has 2 aliphatic rings. The van der Waals surface area contributed by atoms with Gasteiger partial charge in [0.2, 0.25) is 0 Å². The molecule has 8 rings (SSSR count). The topological polar surface area (TPSA) is 21.7 Å². The van der Waals surface area contributed by atoms with E-state index in [-0.39, 0.29) is 0 Å². The standard InChI is InChI=1S/C37H25NO2/c1-3-13-26(14-4-1)38(27-15-5-2-6-16-27)28-23-24-36-32(25-28)37(31-19-9-12-22-35(31)40-36)29-17-7-10-20-33(29)39-34-21-11-8-18-30(34)37/h1-25H. The quantitative estimate of drug-likeness (QED) is 0.234. The number of benzene rings is 6. The molecule has 3 nitrogen and oxygen atoms in total. The lowest BCUT2D eigenvalue weighted by molar-refractivity contribution is 0.399. The molecule has 190 valence electrons. The summed E-state index contributed by atoms with van der Waals surface area (Å²) in [6.07, 6.45) is 0. The highest BCUT2D eigenvalue weighted by atomic mass is 16.5. The molecular formula is C37H25NO2. The monoisotopic (exact) mass is 515 g/mol. The van der Waals surface area contributed by atoms with Crippen molar-refractivity contribution >= 4 is 17.1 Å². The maximum absolute atomic E-state index is 6.62. The van der Waals surface area contributed by atoms with E-state index in [0.717, 1.165) is 62.3 Å². The molecule has 0 aliphatic carbocycles. The number of nitrogens with zero attached hydrogens (tertiary/aromatic N) is 1. The summed E-state index contributed by atoms with van der Waals surface area (Å²) in [5.74, 6) is 3.42. The number of para-hydroxylation sites is 5. The summed E-state index contributed by atoms with van der Waals surface area (Å²) in [5, 5.41) is 0. The second-order valence-electron chi connectivity index (χ2n) is 10.1. The van der Waals surface area contributed by atoms with Gasteiger partial charge in [0.15, 0.2) is 0 Å². The second-order valence-corrected chi connectivity index (χ2v) is 10.1. The van der Waals surface area contributed by atoms with E-state index in [1.807, 2.05) is 18.2 Å². The van der Waals surface area contributed by atoms with Crippen LogP contribution in [0.1, 0.15) is 22.3 Å². The van der Waals surface area contributed by atoms with Crippen LogP contribution in [0.4, 0.5) is 17.1 Å². The summed E-state index contributed by atoms with van der Waals surface area (Å²) in [7, 11) is 0. The van der Waals surface area contributed by atoms with Crippen LogP contribution in [0.2, 0.25) is 0 Å². The van der Waals surface area contributed by atoms with Crippen molar-refractivity contribution in [3.05, 3.63) is 174 Å². The number of hydrogen-bond donors (Lipinski definition) is 0. The number of ether oxygens (including phenoxy) is 2. The third kappa shape index (κ3) is 3.25. The molecule has 0 N–H and O–H groups in total. The summed E-state index contributed by atoms with van der Waals surface area (Å²) < 4.78 is 13.1. The van der Waals surface area contributed by atoms with Crippen LogP contribution >= 0.6 is 0 Å². The van der Waals surface area contributed by atoms with Crippen molar-refractivity contribution in [2.75, 3.05) is 4.90 Å². The fourth-order valence-corrected chi connectivity index (χ4v) is 6.34. The molecule has 1 spiro atoms. The molecule has 0 fully saturated rings. The zero-order chi connectivity index (χ0) is 26.5. The Kier molecular flexibility index (Phi) is 5.04. The highest BCUT2D eigenvalue weighted by molar-refractivity contribution is 5.81. The van der Waals surface area contributed by atoms with E-state index < -0.39 is 5.41 Å². The Morgan fingerprint density at radius 3 is 1.23 bits per heavy atom. The van der Waals surface area contributed by atoms with Crippen LogP contribution in [-0.2, 0) is 5.41 Å². The van der Waals surface area contributed by atoms with Gasteiger partial charge in [0.1, 0.15) is 23.0 Å². The molecule has 0 bridgehead atoms. The summed E-state index contributed by atoms with van der Waals surface area (Å²) in [6.45, 7) is 0. The van der Waals surface area contributed by atoms with Gasteiger partial charge >= 0.3 is 0 Å². The maximum Gasteiger partial charge on any atom is 0.132 e. The van der Waals surface area contributed by atoms with E-state index in [2.05, 4.69) is 138 Å². The van der Waals surface area contributed by atoms with E-state index in [9.17, 15) is 0 Å². The van der Waals surface area contributed by atoms with Crippen LogP contribution in [0.25, 0.3) is 0 Å². The lowest BCUT2D eigenvalue weighted by Crippen LogP contribution is -2.36. The minimum atomic E-state index is -0.620. The lowest BCUT2D eigenvalue weighted by Gasteiger charge is -2.45. The fourth-order valence-electron chi connectivity index (χ4n) is 6.34. The lowest BCUT2D eigenvalue weighted by atomic mass is 9.62. The maximum atomic E-state index is 6.62. The SMILES string of the molecule is c1ccc(N(c2ccccc2)c2ccc3c(c2)C2(c4ccccc4Oc4ccccc42)c2ccccc2O3)cc1.